The molecule has 7 nitrogen and oxygen atoms in total. The monoisotopic (exact) mass is 388 g/mol. The fraction of sp³-hybridized carbons (Fsp3) is 0.381. The number of urea groups is 1. The normalized spacial score (nSPS) is 10.1. The molecule has 0 aliphatic heterocycles. The van der Waals surface area contributed by atoms with Crippen LogP contribution in [-0.4, -0.2) is 33.0 Å². The zero-order valence-corrected chi connectivity index (χ0v) is 16.8. The molecule has 2 N–H and O–H groups in total. The van der Waals surface area contributed by atoms with Crippen molar-refractivity contribution in [1.29, 1.82) is 0 Å². The molecule has 0 heterocycles. The standard InChI is InChI=1S/C21H28N2O5/c1-5-26-18-12-16(13-19(27-6-2)20(18)28-7-3)23-21(24)22-14-15-10-8-9-11-17(15)25-4/h8-13H,5-7,14H2,1-4H3,(H2,22,23,24). The number of methoxy groups -OCH3 is 1. The molecule has 2 amide bonds. The lowest BCUT2D eigenvalue weighted by atomic mass is 10.2. The summed E-state index contributed by atoms with van der Waals surface area (Å²) in [5, 5.41) is 5.63. The van der Waals surface area contributed by atoms with Crippen LogP contribution in [0.15, 0.2) is 36.4 Å². The van der Waals surface area contributed by atoms with Crippen molar-refractivity contribution in [2.24, 2.45) is 0 Å². The molecule has 28 heavy (non-hydrogen) atoms. The van der Waals surface area contributed by atoms with E-state index in [9.17, 15) is 4.79 Å². The number of nitrogens with one attached hydrogen (secondary N) is 2. The average Bonchev–Trinajstić information content (AvgIpc) is 2.69. The largest absolute Gasteiger partial charge is 0.496 e. The zero-order valence-electron chi connectivity index (χ0n) is 16.8. The van der Waals surface area contributed by atoms with E-state index in [1.807, 2.05) is 45.0 Å². The highest BCUT2D eigenvalue weighted by atomic mass is 16.5. The molecule has 0 atom stereocenters. The lowest BCUT2D eigenvalue weighted by molar-refractivity contribution is 0.251. The molecular weight excluding hydrogens is 360 g/mol. The van der Waals surface area contributed by atoms with Gasteiger partial charge in [0.2, 0.25) is 5.75 Å². The Morgan fingerprint density at radius 3 is 2.07 bits per heavy atom. The Bertz CT molecular complexity index is 752. The highest BCUT2D eigenvalue weighted by Crippen LogP contribution is 2.40. The van der Waals surface area contributed by atoms with E-state index < -0.39 is 0 Å². The summed E-state index contributed by atoms with van der Waals surface area (Å²) in [6.07, 6.45) is 0. The van der Waals surface area contributed by atoms with Gasteiger partial charge in [-0.2, -0.15) is 0 Å². The predicted molar refractivity (Wildman–Crippen MR) is 109 cm³/mol. The predicted octanol–water partition coefficient (Wildman–Crippen LogP) is 4.21. The number of hydrogen-bond acceptors (Lipinski definition) is 5. The van der Waals surface area contributed by atoms with Crippen LogP contribution < -0.4 is 29.6 Å². The van der Waals surface area contributed by atoms with Gasteiger partial charge in [0.25, 0.3) is 0 Å². The number of ether oxygens (including phenoxy) is 4. The summed E-state index contributed by atoms with van der Waals surface area (Å²) in [5.74, 6) is 2.30. The van der Waals surface area contributed by atoms with Crippen molar-refractivity contribution in [1.82, 2.24) is 5.32 Å². The Kier molecular flexibility index (Phi) is 8.27. The van der Waals surface area contributed by atoms with E-state index in [2.05, 4.69) is 10.6 Å². The topological polar surface area (TPSA) is 78.1 Å². The molecule has 2 aromatic rings. The van der Waals surface area contributed by atoms with E-state index in [1.54, 1.807) is 19.2 Å². The van der Waals surface area contributed by atoms with Crippen molar-refractivity contribution in [3.63, 3.8) is 0 Å². The van der Waals surface area contributed by atoms with Gasteiger partial charge in [-0.1, -0.05) is 18.2 Å². The van der Waals surface area contributed by atoms with Crippen LogP contribution in [0.5, 0.6) is 23.0 Å². The molecule has 0 saturated heterocycles. The van der Waals surface area contributed by atoms with E-state index in [0.717, 1.165) is 11.3 Å². The third kappa shape index (κ3) is 5.70. The summed E-state index contributed by atoms with van der Waals surface area (Å²) in [5.41, 5.74) is 1.43. The number of hydrogen-bond donors (Lipinski definition) is 2. The molecule has 2 rings (SSSR count). The smallest absolute Gasteiger partial charge is 0.319 e. The Labute approximate surface area is 165 Å². The SMILES string of the molecule is CCOc1cc(NC(=O)NCc2ccccc2OC)cc(OCC)c1OCC. The van der Waals surface area contributed by atoms with Crippen molar-refractivity contribution in [3.05, 3.63) is 42.0 Å². The minimum atomic E-state index is -0.347. The number of amides is 2. The molecule has 152 valence electrons. The van der Waals surface area contributed by atoms with Crippen LogP contribution in [0.1, 0.15) is 26.3 Å². The van der Waals surface area contributed by atoms with E-state index in [-0.39, 0.29) is 6.03 Å². The fourth-order valence-corrected chi connectivity index (χ4v) is 2.66. The summed E-state index contributed by atoms with van der Waals surface area (Å²) in [6.45, 7) is 7.41. The van der Waals surface area contributed by atoms with Crippen molar-refractivity contribution < 1.29 is 23.7 Å². The van der Waals surface area contributed by atoms with Gasteiger partial charge in [-0.15, -0.1) is 0 Å². The summed E-state index contributed by atoms with van der Waals surface area (Å²) in [7, 11) is 1.60. The first-order valence-corrected chi connectivity index (χ1v) is 9.36. The Balaban J connectivity index is 2.14. The van der Waals surface area contributed by atoms with Gasteiger partial charge in [-0.25, -0.2) is 4.79 Å². The van der Waals surface area contributed by atoms with E-state index in [0.29, 0.717) is 49.3 Å². The maximum Gasteiger partial charge on any atom is 0.319 e. The first-order chi connectivity index (χ1) is 13.6. The maximum atomic E-state index is 12.4. The quantitative estimate of drug-likeness (QED) is 0.637. The minimum Gasteiger partial charge on any atom is -0.496 e. The highest BCUT2D eigenvalue weighted by Gasteiger charge is 2.16. The Morgan fingerprint density at radius 1 is 0.893 bits per heavy atom. The molecule has 0 aliphatic rings. The molecule has 0 unspecified atom stereocenters. The van der Waals surface area contributed by atoms with Gasteiger partial charge in [0.05, 0.1) is 32.6 Å². The van der Waals surface area contributed by atoms with Crippen molar-refractivity contribution in [2.75, 3.05) is 32.2 Å². The molecule has 0 aliphatic carbocycles. The van der Waals surface area contributed by atoms with Crippen LogP contribution in [0, 0.1) is 0 Å². The van der Waals surface area contributed by atoms with Crippen LogP contribution in [0.25, 0.3) is 0 Å². The summed E-state index contributed by atoms with van der Waals surface area (Å²) >= 11 is 0. The second-order valence-electron chi connectivity index (χ2n) is 5.72. The number of para-hydroxylation sites is 1. The molecule has 2 aromatic carbocycles. The summed E-state index contributed by atoms with van der Waals surface area (Å²) in [6, 6.07) is 10.6. The van der Waals surface area contributed by atoms with Gasteiger partial charge in [-0.05, 0) is 26.8 Å². The molecule has 0 saturated carbocycles. The lowest BCUT2D eigenvalue weighted by Crippen LogP contribution is -2.28. The minimum absolute atomic E-state index is 0.337. The number of rotatable bonds is 10. The van der Waals surface area contributed by atoms with Crippen LogP contribution >= 0.6 is 0 Å². The fourth-order valence-electron chi connectivity index (χ4n) is 2.66. The third-order valence-corrected chi connectivity index (χ3v) is 3.80. The third-order valence-electron chi connectivity index (χ3n) is 3.80. The van der Waals surface area contributed by atoms with E-state index in [1.165, 1.54) is 0 Å². The maximum absolute atomic E-state index is 12.4. The van der Waals surface area contributed by atoms with E-state index in [4.69, 9.17) is 18.9 Å². The van der Waals surface area contributed by atoms with Crippen LogP contribution in [0.3, 0.4) is 0 Å². The number of carbonyl (C=O) groups is 1. The van der Waals surface area contributed by atoms with E-state index >= 15 is 0 Å². The number of anilines is 1. The van der Waals surface area contributed by atoms with Crippen molar-refractivity contribution >= 4 is 11.7 Å². The highest BCUT2D eigenvalue weighted by molar-refractivity contribution is 5.90. The first kappa shape index (κ1) is 21.2. The first-order valence-electron chi connectivity index (χ1n) is 9.36. The number of benzene rings is 2. The van der Waals surface area contributed by atoms with Gasteiger partial charge in [-0.3, -0.25) is 0 Å². The van der Waals surface area contributed by atoms with Gasteiger partial charge >= 0.3 is 6.03 Å². The Morgan fingerprint density at radius 2 is 1.50 bits per heavy atom. The van der Waals surface area contributed by atoms with Crippen molar-refractivity contribution in [3.8, 4) is 23.0 Å². The van der Waals surface area contributed by atoms with Gasteiger partial charge in [0.15, 0.2) is 11.5 Å². The summed E-state index contributed by atoms with van der Waals surface area (Å²) < 4.78 is 22.3. The van der Waals surface area contributed by atoms with Crippen LogP contribution in [0.4, 0.5) is 10.5 Å². The average molecular weight is 388 g/mol. The van der Waals surface area contributed by atoms with Gasteiger partial charge in [0, 0.05) is 24.2 Å². The van der Waals surface area contributed by atoms with Gasteiger partial charge in [0.1, 0.15) is 5.75 Å². The summed E-state index contributed by atoms with van der Waals surface area (Å²) in [4.78, 5) is 12.4. The molecular formula is C21H28N2O5. The molecule has 0 radical (unpaired) electrons. The van der Waals surface area contributed by atoms with Crippen LogP contribution in [-0.2, 0) is 6.54 Å². The zero-order chi connectivity index (χ0) is 20.4. The molecule has 0 aromatic heterocycles. The lowest BCUT2D eigenvalue weighted by Gasteiger charge is -2.17. The van der Waals surface area contributed by atoms with Crippen LogP contribution in [0.2, 0.25) is 0 Å². The molecule has 7 heteroatoms. The molecule has 0 fully saturated rings. The molecule has 0 bridgehead atoms. The second kappa shape index (κ2) is 10.9. The van der Waals surface area contributed by atoms with Gasteiger partial charge < -0.3 is 29.6 Å². The molecule has 0 spiro atoms. The number of carbonyl (C=O) groups excluding carboxylic acids is 1. The Hall–Kier alpha value is -3.09. The second-order valence-corrected chi connectivity index (χ2v) is 5.72. The van der Waals surface area contributed by atoms with Crippen molar-refractivity contribution in [2.45, 2.75) is 27.3 Å².